The van der Waals surface area contributed by atoms with Crippen LogP contribution in [0.1, 0.15) is 16.7 Å². The lowest BCUT2D eigenvalue weighted by molar-refractivity contribution is -0.127. The quantitative estimate of drug-likeness (QED) is 0.329. The summed E-state index contributed by atoms with van der Waals surface area (Å²) in [4.78, 5) is 38.3. The molecule has 0 spiro atoms. The number of carbonyl (C=O) groups excluding carboxylic acids is 3. The van der Waals surface area contributed by atoms with Gasteiger partial charge in [0, 0.05) is 5.69 Å². The van der Waals surface area contributed by atoms with Crippen LogP contribution in [-0.2, 0) is 16.2 Å². The van der Waals surface area contributed by atoms with Crippen molar-refractivity contribution < 1.29 is 19.1 Å². The van der Waals surface area contributed by atoms with Crippen LogP contribution in [-0.4, -0.2) is 29.3 Å². The van der Waals surface area contributed by atoms with Gasteiger partial charge in [-0.05, 0) is 54.0 Å². The molecule has 0 radical (unpaired) electrons. The van der Waals surface area contributed by atoms with Crippen molar-refractivity contribution in [3.05, 3.63) is 99.2 Å². The number of ether oxygens (including phenoxy) is 1. The topological polar surface area (TPSA) is 87.7 Å². The maximum Gasteiger partial charge on any atom is 0.329 e. The number of urea groups is 1. The average molecular weight is 510 g/mol. The number of amides is 4. The summed E-state index contributed by atoms with van der Waals surface area (Å²) in [5, 5.41) is 5.67. The molecule has 1 heterocycles. The Kier molecular flexibility index (Phi) is 7.39. The monoisotopic (exact) mass is 509 g/mol. The molecule has 4 rings (SSSR count). The van der Waals surface area contributed by atoms with Gasteiger partial charge in [0.15, 0.2) is 5.75 Å². The summed E-state index contributed by atoms with van der Waals surface area (Å²) in [5.41, 5.74) is 3.00. The molecule has 0 bridgehead atoms. The molecular formula is C26H21Cl2N3O4. The second kappa shape index (κ2) is 10.6. The zero-order valence-corrected chi connectivity index (χ0v) is 20.2. The molecule has 1 aliphatic rings. The van der Waals surface area contributed by atoms with E-state index in [0.717, 1.165) is 16.0 Å². The largest absolute Gasteiger partial charge is 0.486 e. The summed E-state index contributed by atoms with van der Waals surface area (Å²) < 4.78 is 5.76. The number of hydrogen-bond donors (Lipinski definition) is 2. The van der Waals surface area contributed by atoms with Crippen molar-refractivity contribution >= 4 is 52.8 Å². The lowest BCUT2D eigenvalue weighted by Gasteiger charge is -2.12. The third-order valence-electron chi connectivity index (χ3n) is 5.12. The van der Waals surface area contributed by atoms with Gasteiger partial charge in [-0.2, -0.15) is 0 Å². The zero-order chi connectivity index (χ0) is 24.9. The number of nitrogens with one attached hydrogen (secondary N) is 2. The Balaban J connectivity index is 1.44. The van der Waals surface area contributed by atoms with Gasteiger partial charge in [0.1, 0.15) is 18.8 Å². The summed E-state index contributed by atoms with van der Waals surface area (Å²) in [6, 6.07) is 19.2. The van der Waals surface area contributed by atoms with Crippen LogP contribution < -0.4 is 15.4 Å². The Morgan fingerprint density at radius 2 is 1.74 bits per heavy atom. The molecule has 1 aliphatic heterocycles. The summed E-state index contributed by atoms with van der Waals surface area (Å²) in [5.74, 6) is -0.812. The van der Waals surface area contributed by atoms with Crippen LogP contribution in [0.4, 0.5) is 10.5 Å². The van der Waals surface area contributed by atoms with Gasteiger partial charge in [-0.15, -0.1) is 0 Å². The second-order valence-electron chi connectivity index (χ2n) is 7.89. The Hall–Kier alpha value is -3.81. The number of aryl methyl sites for hydroxylation is 1. The number of halogens is 2. The van der Waals surface area contributed by atoms with E-state index < -0.39 is 24.4 Å². The molecule has 9 heteroatoms. The van der Waals surface area contributed by atoms with E-state index in [-0.39, 0.29) is 22.3 Å². The highest BCUT2D eigenvalue weighted by Crippen LogP contribution is 2.35. The van der Waals surface area contributed by atoms with Gasteiger partial charge in [-0.25, -0.2) is 9.69 Å². The van der Waals surface area contributed by atoms with Crippen molar-refractivity contribution in [2.24, 2.45) is 0 Å². The van der Waals surface area contributed by atoms with Gasteiger partial charge in [-0.1, -0.05) is 65.7 Å². The van der Waals surface area contributed by atoms with Crippen molar-refractivity contribution in [3.63, 3.8) is 0 Å². The summed E-state index contributed by atoms with van der Waals surface area (Å²) in [6.45, 7) is 1.75. The van der Waals surface area contributed by atoms with Crippen LogP contribution >= 0.6 is 23.2 Å². The van der Waals surface area contributed by atoms with Crippen molar-refractivity contribution in [1.82, 2.24) is 10.2 Å². The number of anilines is 1. The van der Waals surface area contributed by atoms with Crippen LogP contribution in [0.25, 0.3) is 6.08 Å². The molecule has 2 N–H and O–H groups in total. The number of nitrogens with zero attached hydrogens (tertiary/aromatic N) is 1. The van der Waals surface area contributed by atoms with Gasteiger partial charge < -0.3 is 15.4 Å². The first kappa shape index (κ1) is 24.3. The van der Waals surface area contributed by atoms with Gasteiger partial charge in [0.2, 0.25) is 5.91 Å². The summed E-state index contributed by atoms with van der Waals surface area (Å²) in [7, 11) is 0. The Morgan fingerprint density at radius 3 is 2.43 bits per heavy atom. The molecule has 3 aromatic carbocycles. The molecule has 178 valence electrons. The summed E-state index contributed by atoms with van der Waals surface area (Å²) in [6.07, 6.45) is 1.44. The first-order chi connectivity index (χ1) is 16.8. The van der Waals surface area contributed by atoms with E-state index in [2.05, 4.69) is 10.6 Å². The van der Waals surface area contributed by atoms with E-state index >= 15 is 0 Å². The predicted molar refractivity (Wildman–Crippen MR) is 135 cm³/mol. The number of hydrogen-bond acceptors (Lipinski definition) is 4. The number of carbonyl (C=O) groups is 3. The van der Waals surface area contributed by atoms with Crippen molar-refractivity contribution in [1.29, 1.82) is 0 Å². The maximum atomic E-state index is 12.8. The molecule has 0 aromatic heterocycles. The van der Waals surface area contributed by atoms with E-state index in [4.69, 9.17) is 27.9 Å². The Bertz CT molecular complexity index is 1300. The molecule has 0 saturated carbocycles. The number of benzene rings is 3. The van der Waals surface area contributed by atoms with Gasteiger partial charge in [0.25, 0.3) is 5.91 Å². The average Bonchev–Trinajstić information content (AvgIpc) is 3.06. The molecule has 0 unspecified atom stereocenters. The van der Waals surface area contributed by atoms with Crippen LogP contribution in [0.2, 0.25) is 10.0 Å². The van der Waals surface area contributed by atoms with Crippen molar-refractivity contribution in [2.45, 2.75) is 13.5 Å². The second-order valence-corrected chi connectivity index (χ2v) is 8.70. The summed E-state index contributed by atoms with van der Waals surface area (Å²) >= 11 is 12.7. The van der Waals surface area contributed by atoms with Crippen LogP contribution in [0.15, 0.2) is 72.4 Å². The van der Waals surface area contributed by atoms with E-state index in [1.807, 2.05) is 43.3 Å². The molecule has 0 aliphatic carbocycles. The molecular weight excluding hydrogens is 489 g/mol. The third kappa shape index (κ3) is 6.01. The SMILES string of the molecule is Cc1cccc(NC(=O)CN2C(=O)N/C(=C/c3cc(Cl)c(OCc4ccccc4)c(Cl)c3)C2=O)c1. The maximum absolute atomic E-state index is 12.8. The smallest absolute Gasteiger partial charge is 0.329 e. The number of imide groups is 1. The van der Waals surface area contributed by atoms with Gasteiger partial charge in [-0.3, -0.25) is 9.59 Å². The molecule has 7 nitrogen and oxygen atoms in total. The minimum absolute atomic E-state index is 0.00319. The lowest BCUT2D eigenvalue weighted by Crippen LogP contribution is -2.38. The van der Waals surface area contributed by atoms with Crippen molar-refractivity contribution in [2.75, 3.05) is 11.9 Å². The van der Waals surface area contributed by atoms with E-state index in [0.29, 0.717) is 17.0 Å². The Labute approximate surface area is 212 Å². The fourth-order valence-electron chi connectivity index (χ4n) is 3.48. The highest BCUT2D eigenvalue weighted by molar-refractivity contribution is 6.37. The fourth-order valence-corrected chi connectivity index (χ4v) is 4.09. The van der Waals surface area contributed by atoms with Gasteiger partial charge >= 0.3 is 6.03 Å². The van der Waals surface area contributed by atoms with E-state index in [1.54, 1.807) is 30.3 Å². The standard InChI is InChI=1S/C26H21Cl2N3O4/c1-16-6-5-9-19(10-16)29-23(32)14-31-25(33)22(30-26(31)34)13-18-11-20(27)24(21(28)12-18)35-15-17-7-3-2-4-8-17/h2-13H,14-15H2,1H3,(H,29,32)(H,30,34)/b22-13+. The van der Waals surface area contributed by atoms with Crippen LogP contribution in [0, 0.1) is 6.92 Å². The highest BCUT2D eigenvalue weighted by atomic mass is 35.5. The first-order valence-electron chi connectivity index (χ1n) is 10.7. The van der Waals surface area contributed by atoms with E-state index in [1.165, 1.54) is 6.08 Å². The molecule has 1 saturated heterocycles. The molecule has 1 fully saturated rings. The van der Waals surface area contributed by atoms with Crippen LogP contribution in [0.5, 0.6) is 5.75 Å². The normalized spacial score (nSPS) is 14.3. The van der Waals surface area contributed by atoms with Crippen molar-refractivity contribution in [3.8, 4) is 5.75 Å². The number of rotatable bonds is 7. The third-order valence-corrected chi connectivity index (χ3v) is 5.68. The Morgan fingerprint density at radius 1 is 1.03 bits per heavy atom. The lowest BCUT2D eigenvalue weighted by atomic mass is 10.1. The molecule has 0 atom stereocenters. The van der Waals surface area contributed by atoms with Gasteiger partial charge in [0.05, 0.1) is 10.0 Å². The highest BCUT2D eigenvalue weighted by Gasteiger charge is 2.35. The predicted octanol–water partition coefficient (Wildman–Crippen LogP) is 5.41. The van der Waals surface area contributed by atoms with E-state index in [9.17, 15) is 14.4 Å². The zero-order valence-electron chi connectivity index (χ0n) is 18.7. The molecule has 3 aromatic rings. The fraction of sp³-hybridized carbons (Fsp3) is 0.115. The minimum Gasteiger partial charge on any atom is -0.486 e. The van der Waals surface area contributed by atoms with Crippen LogP contribution in [0.3, 0.4) is 0 Å². The minimum atomic E-state index is -0.694. The molecule has 4 amide bonds. The molecule has 35 heavy (non-hydrogen) atoms. The first-order valence-corrected chi connectivity index (χ1v) is 11.4.